The molecule has 4 atom stereocenters. The molecule has 0 unspecified atom stereocenters. The van der Waals surface area contributed by atoms with E-state index < -0.39 is 0 Å². The molecule has 22 heavy (non-hydrogen) atoms. The van der Waals surface area contributed by atoms with E-state index >= 15 is 0 Å². The van der Waals surface area contributed by atoms with Gasteiger partial charge in [0.25, 0.3) is 0 Å². The van der Waals surface area contributed by atoms with Crippen molar-refractivity contribution in [3.63, 3.8) is 0 Å². The van der Waals surface area contributed by atoms with Gasteiger partial charge in [-0.3, -0.25) is 0 Å². The topological polar surface area (TPSA) is 18.5 Å². The minimum absolute atomic E-state index is 0.223. The van der Waals surface area contributed by atoms with E-state index in [1.54, 1.807) is 0 Å². The highest BCUT2D eigenvalue weighted by atomic mass is 16.7. The summed E-state index contributed by atoms with van der Waals surface area (Å²) in [6.07, 6.45) is 10.7. The van der Waals surface area contributed by atoms with E-state index in [0.29, 0.717) is 10.8 Å². The summed E-state index contributed by atoms with van der Waals surface area (Å²) < 4.78 is 12.6. The van der Waals surface area contributed by atoms with E-state index in [-0.39, 0.29) is 11.2 Å². The van der Waals surface area contributed by atoms with Gasteiger partial charge in [0.05, 0.1) is 13.2 Å². The number of hydrogen-bond acceptors (Lipinski definition) is 2. The standard InChI is InChI=1S/C20H34O2/c1-17(2)9-6-10-18(3)15(17)8-12-19(4)16(18)7-5-11-20(19)21-13-14-22-20/h15-16H,5-14H2,1-4H3/t15-,16+,18-,19+/m0/s1. The van der Waals surface area contributed by atoms with Gasteiger partial charge in [0, 0.05) is 11.8 Å². The van der Waals surface area contributed by atoms with Crippen LogP contribution in [0.25, 0.3) is 0 Å². The molecule has 0 aromatic carbocycles. The van der Waals surface area contributed by atoms with Crippen LogP contribution in [0, 0.1) is 28.1 Å². The normalized spacial score (nSPS) is 49.6. The van der Waals surface area contributed by atoms with Gasteiger partial charge in [-0.2, -0.15) is 0 Å². The fourth-order valence-corrected chi connectivity index (χ4v) is 7.51. The second-order valence-corrected chi connectivity index (χ2v) is 9.75. The Labute approximate surface area is 136 Å². The molecule has 3 saturated carbocycles. The second kappa shape index (κ2) is 4.72. The summed E-state index contributed by atoms with van der Waals surface area (Å²) in [4.78, 5) is 0. The van der Waals surface area contributed by atoms with Crippen LogP contribution in [0.4, 0.5) is 0 Å². The zero-order valence-corrected chi connectivity index (χ0v) is 15.0. The van der Waals surface area contributed by atoms with Crippen LogP contribution in [0.1, 0.15) is 79.1 Å². The molecule has 1 heterocycles. The molecule has 0 aromatic rings. The highest BCUT2D eigenvalue weighted by Crippen LogP contribution is 2.70. The maximum Gasteiger partial charge on any atom is 0.174 e. The number of rotatable bonds is 0. The molecule has 126 valence electrons. The Bertz CT molecular complexity index is 451. The fourth-order valence-electron chi connectivity index (χ4n) is 7.51. The van der Waals surface area contributed by atoms with Gasteiger partial charge in [-0.05, 0) is 61.2 Å². The maximum atomic E-state index is 6.31. The van der Waals surface area contributed by atoms with Crippen LogP contribution >= 0.6 is 0 Å². The van der Waals surface area contributed by atoms with Crippen molar-refractivity contribution in [3.05, 3.63) is 0 Å². The Morgan fingerprint density at radius 2 is 1.45 bits per heavy atom. The minimum Gasteiger partial charge on any atom is -0.347 e. The van der Waals surface area contributed by atoms with Crippen molar-refractivity contribution in [1.82, 2.24) is 0 Å². The monoisotopic (exact) mass is 306 g/mol. The average Bonchev–Trinajstić information content (AvgIpc) is 2.90. The molecule has 0 radical (unpaired) electrons. The van der Waals surface area contributed by atoms with Gasteiger partial charge >= 0.3 is 0 Å². The SMILES string of the molecule is CC1(C)CCC[C@]2(C)[C@H]3CCCC4(OCCO4)[C@]3(C)CC[C@@H]12. The molecule has 0 aromatic heterocycles. The lowest BCUT2D eigenvalue weighted by Crippen LogP contribution is -2.64. The van der Waals surface area contributed by atoms with E-state index in [2.05, 4.69) is 27.7 Å². The first-order valence-corrected chi connectivity index (χ1v) is 9.62. The Balaban J connectivity index is 1.75. The summed E-state index contributed by atoms with van der Waals surface area (Å²) in [5.41, 5.74) is 1.22. The van der Waals surface area contributed by atoms with E-state index in [1.807, 2.05) is 0 Å². The number of hydrogen-bond donors (Lipinski definition) is 0. The molecule has 4 fully saturated rings. The van der Waals surface area contributed by atoms with Gasteiger partial charge < -0.3 is 9.47 Å². The fraction of sp³-hybridized carbons (Fsp3) is 1.00. The molecule has 0 bridgehead atoms. The maximum absolute atomic E-state index is 6.31. The molecule has 4 aliphatic rings. The second-order valence-electron chi connectivity index (χ2n) is 9.75. The molecule has 2 nitrogen and oxygen atoms in total. The van der Waals surface area contributed by atoms with Crippen molar-refractivity contribution >= 4 is 0 Å². The van der Waals surface area contributed by atoms with E-state index in [0.717, 1.165) is 31.5 Å². The molecule has 3 aliphatic carbocycles. The van der Waals surface area contributed by atoms with Crippen LogP contribution in [-0.2, 0) is 9.47 Å². The van der Waals surface area contributed by atoms with Crippen molar-refractivity contribution in [3.8, 4) is 0 Å². The molecule has 2 heteroatoms. The molecule has 0 N–H and O–H groups in total. The van der Waals surface area contributed by atoms with E-state index in [4.69, 9.17) is 9.47 Å². The summed E-state index contributed by atoms with van der Waals surface area (Å²) in [7, 11) is 0. The van der Waals surface area contributed by atoms with Crippen LogP contribution in [0.15, 0.2) is 0 Å². The zero-order chi connectivity index (χ0) is 15.6. The highest BCUT2D eigenvalue weighted by Gasteiger charge is 2.67. The van der Waals surface area contributed by atoms with Crippen LogP contribution < -0.4 is 0 Å². The Kier molecular flexibility index (Phi) is 3.32. The summed E-state index contributed by atoms with van der Waals surface area (Å²) in [6.45, 7) is 11.8. The third-order valence-corrected chi connectivity index (χ3v) is 8.42. The van der Waals surface area contributed by atoms with Crippen LogP contribution in [-0.4, -0.2) is 19.0 Å². The van der Waals surface area contributed by atoms with Gasteiger partial charge in [-0.15, -0.1) is 0 Å². The largest absolute Gasteiger partial charge is 0.347 e. The van der Waals surface area contributed by atoms with Crippen LogP contribution in [0.2, 0.25) is 0 Å². The summed E-state index contributed by atoms with van der Waals surface area (Å²) in [5.74, 6) is 1.39. The first-order chi connectivity index (χ1) is 10.3. The van der Waals surface area contributed by atoms with Crippen molar-refractivity contribution in [2.24, 2.45) is 28.1 Å². The third kappa shape index (κ3) is 1.80. The summed E-state index contributed by atoms with van der Waals surface area (Å²) in [5, 5.41) is 0. The third-order valence-electron chi connectivity index (χ3n) is 8.42. The predicted molar refractivity (Wildman–Crippen MR) is 88.5 cm³/mol. The smallest absolute Gasteiger partial charge is 0.174 e. The first-order valence-electron chi connectivity index (χ1n) is 9.62. The van der Waals surface area contributed by atoms with Crippen molar-refractivity contribution in [1.29, 1.82) is 0 Å². The summed E-state index contributed by atoms with van der Waals surface area (Å²) in [6, 6.07) is 0. The highest BCUT2D eigenvalue weighted by molar-refractivity contribution is 5.12. The summed E-state index contributed by atoms with van der Waals surface area (Å²) >= 11 is 0. The van der Waals surface area contributed by atoms with Gasteiger partial charge in [0.1, 0.15) is 0 Å². The van der Waals surface area contributed by atoms with Crippen molar-refractivity contribution in [2.45, 2.75) is 84.8 Å². The van der Waals surface area contributed by atoms with Gasteiger partial charge in [0.2, 0.25) is 0 Å². The molecule has 1 spiro atoms. The van der Waals surface area contributed by atoms with Crippen molar-refractivity contribution in [2.75, 3.05) is 13.2 Å². The molecular weight excluding hydrogens is 272 g/mol. The van der Waals surface area contributed by atoms with Crippen molar-refractivity contribution < 1.29 is 9.47 Å². The van der Waals surface area contributed by atoms with Crippen LogP contribution in [0.3, 0.4) is 0 Å². The number of ether oxygens (including phenoxy) is 2. The zero-order valence-electron chi connectivity index (χ0n) is 15.0. The Morgan fingerprint density at radius 1 is 0.727 bits per heavy atom. The number of fused-ring (bicyclic) bond motifs is 4. The minimum atomic E-state index is -0.258. The average molecular weight is 306 g/mol. The van der Waals surface area contributed by atoms with E-state index in [9.17, 15) is 0 Å². The molecular formula is C20H34O2. The predicted octanol–water partition coefficient (Wildman–Crippen LogP) is 5.16. The first kappa shape index (κ1) is 15.4. The molecule has 0 amide bonds. The molecule has 1 saturated heterocycles. The molecule has 1 aliphatic heterocycles. The lowest BCUT2D eigenvalue weighted by atomic mass is 9.40. The Morgan fingerprint density at radius 3 is 2.18 bits per heavy atom. The van der Waals surface area contributed by atoms with Crippen LogP contribution in [0.5, 0.6) is 0 Å². The Hall–Kier alpha value is -0.0800. The van der Waals surface area contributed by atoms with Gasteiger partial charge in [0.15, 0.2) is 5.79 Å². The lowest BCUT2D eigenvalue weighted by Gasteiger charge is -2.67. The van der Waals surface area contributed by atoms with Gasteiger partial charge in [-0.1, -0.05) is 34.1 Å². The quantitative estimate of drug-likeness (QED) is 0.615. The molecule has 4 rings (SSSR count). The van der Waals surface area contributed by atoms with Gasteiger partial charge in [-0.25, -0.2) is 0 Å². The van der Waals surface area contributed by atoms with E-state index in [1.165, 1.54) is 44.9 Å². The lowest BCUT2D eigenvalue weighted by molar-refractivity contribution is -0.306.